The van der Waals surface area contributed by atoms with Gasteiger partial charge in [0.15, 0.2) is 5.65 Å². The maximum absolute atomic E-state index is 6.23. The molecule has 0 aliphatic rings. The number of halogens is 1. The first-order valence-electron chi connectivity index (χ1n) is 8.62. The highest BCUT2D eigenvalue weighted by Gasteiger charge is 2.14. The quantitative estimate of drug-likeness (QED) is 0.420. The number of rotatable bonds is 5. The van der Waals surface area contributed by atoms with Crippen LogP contribution < -0.4 is 0 Å². The Hall–Kier alpha value is -2.13. The van der Waals surface area contributed by atoms with Crippen molar-refractivity contribution in [1.29, 1.82) is 0 Å². The van der Waals surface area contributed by atoms with Crippen LogP contribution in [0, 0.1) is 0 Å². The molecule has 0 atom stereocenters. The second kappa shape index (κ2) is 6.40. The molecule has 4 heteroatoms. The van der Waals surface area contributed by atoms with E-state index in [0.29, 0.717) is 0 Å². The van der Waals surface area contributed by atoms with Crippen molar-refractivity contribution in [2.75, 3.05) is 0 Å². The van der Waals surface area contributed by atoms with Gasteiger partial charge < -0.3 is 4.57 Å². The zero-order valence-electron chi connectivity index (χ0n) is 13.8. The van der Waals surface area contributed by atoms with Gasteiger partial charge in [-0.05, 0) is 36.8 Å². The lowest BCUT2D eigenvalue weighted by atomic mass is 10.2. The number of hydrogen-bond acceptors (Lipinski definition) is 2. The lowest BCUT2D eigenvalue weighted by Crippen LogP contribution is -1.99. The normalized spacial score (nSPS) is 11.8. The molecule has 0 saturated carbocycles. The highest BCUT2D eigenvalue weighted by atomic mass is 35.5. The van der Waals surface area contributed by atoms with Gasteiger partial charge in [-0.2, -0.15) is 0 Å². The van der Waals surface area contributed by atoms with Crippen LogP contribution in [0.2, 0.25) is 5.02 Å². The van der Waals surface area contributed by atoms with E-state index < -0.39 is 0 Å². The van der Waals surface area contributed by atoms with Crippen LogP contribution in [0.25, 0.3) is 33.1 Å². The molecule has 0 aliphatic carbocycles. The molecule has 4 rings (SSSR count). The van der Waals surface area contributed by atoms with Crippen LogP contribution >= 0.6 is 11.6 Å². The molecule has 0 fully saturated rings. The summed E-state index contributed by atoms with van der Waals surface area (Å²) in [5.74, 6) is 0. The Morgan fingerprint density at radius 2 is 1.75 bits per heavy atom. The number of fused-ring (bicyclic) bond motifs is 4. The maximum atomic E-state index is 6.23. The van der Waals surface area contributed by atoms with Gasteiger partial charge in [0, 0.05) is 17.0 Å². The molecular weight excluding hydrogens is 318 g/mol. The zero-order chi connectivity index (χ0) is 16.5. The summed E-state index contributed by atoms with van der Waals surface area (Å²) >= 11 is 6.23. The smallest absolute Gasteiger partial charge is 0.160 e. The first kappa shape index (κ1) is 15.4. The number of aromatic nitrogens is 3. The molecule has 2 aromatic heterocycles. The minimum absolute atomic E-state index is 0.738. The Bertz CT molecular complexity index is 1020. The monoisotopic (exact) mass is 337 g/mol. The molecule has 2 heterocycles. The molecule has 0 amide bonds. The second-order valence-electron chi connectivity index (χ2n) is 6.26. The van der Waals surface area contributed by atoms with Gasteiger partial charge in [0.05, 0.1) is 16.6 Å². The number of benzene rings is 2. The van der Waals surface area contributed by atoms with E-state index in [9.17, 15) is 0 Å². The minimum Gasteiger partial charge on any atom is -0.324 e. The van der Waals surface area contributed by atoms with Gasteiger partial charge in [-0.1, -0.05) is 49.9 Å². The SMILES string of the molecule is CCCCCCn1c2ccc(Cl)cc2c2nc3ccccc3nc21. The van der Waals surface area contributed by atoms with Gasteiger partial charge in [-0.15, -0.1) is 0 Å². The minimum atomic E-state index is 0.738. The van der Waals surface area contributed by atoms with Crippen LogP contribution in [0.1, 0.15) is 32.6 Å². The van der Waals surface area contributed by atoms with Crippen LogP contribution in [0.15, 0.2) is 42.5 Å². The van der Waals surface area contributed by atoms with E-state index in [1.54, 1.807) is 0 Å². The number of nitrogens with zero attached hydrogens (tertiary/aromatic N) is 3. The summed E-state index contributed by atoms with van der Waals surface area (Å²) in [7, 11) is 0. The van der Waals surface area contributed by atoms with Crippen molar-refractivity contribution in [2.45, 2.75) is 39.2 Å². The zero-order valence-corrected chi connectivity index (χ0v) is 14.6. The van der Waals surface area contributed by atoms with Crippen LogP contribution in [0.3, 0.4) is 0 Å². The van der Waals surface area contributed by atoms with Crippen molar-refractivity contribution < 1.29 is 0 Å². The molecule has 0 spiro atoms. The van der Waals surface area contributed by atoms with Crippen LogP contribution in [0.5, 0.6) is 0 Å². The van der Waals surface area contributed by atoms with Crippen molar-refractivity contribution >= 4 is 44.7 Å². The summed E-state index contributed by atoms with van der Waals surface area (Å²) in [6.07, 6.45) is 4.92. The van der Waals surface area contributed by atoms with Gasteiger partial charge in [-0.25, -0.2) is 9.97 Å². The van der Waals surface area contributed by atoms with Crippen LogP contribution in [-0.2, 0) is 6.54 Å². The van der Waals surface area contributed by atoms with Crippen LogP contribution in [0.4, 0.5) is 0 Å². The van der Waals surface area contributed by atoms with Crippen LogP contribution in [-0.4, -0.2) is 14.5 Å². The number of para-hydroxylation sites is 2. The molecular formula is C20H20ClN3. The summed E-state index contributed by atoms with van der Waals surface area (Å²) in [6, 6.07) is 14.1. The molecule has 3 nitrogen and oxygen atoms in total. The largest absolute Gasteiger partial charge is 0.324 e. The third-order valence-electron chi connectivity index (χ3n) is 4.55. The number of unbranched alkanes of at least 4 members (excludes halogenated alkanes) is 3. The van der Waals surface area contributed by atoms with E-state index in [1.165, 1.54) is 24.8 Å². The molecule has 0 N–H and O–H groups in total. The van der Waals surface area contributed by atoms with E-state index in [0.717, 1.165) is 45.6 Å². The molecule has 0 bridgehead atoms. The fraction of sp³-hybridized carbons (Fsp3) is 0.300. The van der Waals surface area contributed by atoms with Gasteiger partial charge >= 0.3 is 0 Å². The molecule has 2 aromatic carbocycles. The molecule has 4 aromatic rings. The van der Waals surface area contributed by atoms with Gasteiger partial charge in [0.25, 0.3) is 0 Å². The van der Waals surface area contributed by atoms with E-state index in [1.807, 2.05) is 36.4 Å². The first-order chi connectivity index (χ1) is 11.8. The molecule has 0 radical (unpaired) electrons. The molecule has 122 valence electrons. The predicted octanol–water partition coefficient (Wildman–Crippen LogP) is 5.97. The molecule has 24 heavy (non-hydrogen) atoms. The predicted molar refractivity (Wildman–Crippen MR) is 102 cm³/mol. The van der Waals surface area contributed by atoms with Gasteiger partial charge in [0.2, 0.25) is 0 Å². The third-order valence-corrected chi connectivity index (χ3v) is 4.78. The third kappa shape index (κ3) is 2.63. The topological polar surface area (TPSA) is 30.7 Å². The Balaban J connectivity index is 1.94. The standard InChI is InChI=1S/C20H20ClN3/c1-2-3-4-7-12-24-18-11-10-14(21)13-15(18)19-20(24)23-17-9-6-5-8-16(17)22-19/h5-6,8-11,13H,2-4,7,12H2,1H3. The Morgan fingerprint density at radius 3 is 2.54 bits per heavy atom. The van der Waals surface area contributed by atoms with Gasteiger partial charge in [0.1, 0.15) is 5.52 Å². The van der Waals surface area contributed by atoms with Crippen molar-refractivity contribution in [1.82, 2.24) is 14.5 Å². The van der Waals surface area contributed by atoms with E-state index in [-0.39, 0.29) is 0 Å². The van der Waals surface area contributed by atoms with Gasteiger partial charge in [-0.3, -0.25) is 0 Å². The van der Waals surface area contributed by atoms with Crippen molar-refractivity contribution in [3.05, 3.63) is 47.5 Å². The second-order valence-corrected chi connectivity index (χ2v) is 6.69. The maximum Gasteiger partial charge on any atom is 0.160 e. The van der Waals surface area contributed by atoms with Crippen molar-refractivity contribution in [3.63, 3.8) is 0 Å². The van der Waals surface area contributed by atoms with E-state index >= 15 is 0 Å². The fourth-order valence-corrected chi connectivity index (χ4v) is 3.50. The highest BCUT2D eigenvalue weighted by Crippen LogP contribution is 2.30. The Morgan fingerprint density at radius 1 is 0.958 bits per heavy atom. The van der Waals surface area contributed by atoms with E-state index in [2.05, 4.69) is 17.6 Å². The summed E-state index contributed by atoms with van der Waals surface area (Å²) in [4.78, 5) is 9.77. The van der Waals surface area contributed by atoms with Crippen molar-refractivity contribution in [2.24, 2.45) is 0 Å². The highest BCUT2D eigenvalue weighted by molar-refractivity contribution is 6.31. The fourth-order valence-electron chi connectivity index (χ4n) is 3.33. The summed E-state index contributed by atoms with van der Waals surface area (Å²) < 4.78 is 2.30. The summed E-state index contributed by atoms with van der Waals surface area (Å²) in [6.45, 7) is 3.20. The molecule has 0 unspecified atom stereocenters. The Labute approximate surface area is 146 Å². The number of aryl methyl sites for hydroxylation is 1. The lowest BCUT2D eigenvalue weighted by molar-refractivity contribution is 0.600. The lowest BCUT2D eigenvalue weighted by Gasteiger charge is -2.07. The van der Waals surface area contributed by atoms with Crippen molar-refractivity contribution in [3.8, 4) is 0 Å². The summed E-state index contributed by atoms with van der Waals surface area (Å²) in [5, 5.41) is 1.83. The summed E-state index contributed by atoms with van der Waals surface area (Å²) in [5.41, 5.74) is 4.94. The molecule has 0 aliphatic heterocycles. The average molecular weight is 338 g/mol. The molecule has 0 saturated heterocycles. The number of hydrogen-bond donors (Lipinski definition) is 0. The Kier molecular flexibility index (Phi) is 4.11. The van der Waals surface area contributed by atoms with E-state index in [4.69, 9.17) is 21.6 Å². The average Bonchev–Trinajstić information content (AvgIpc) is 2.89. The first-order valence-corrected chi connectivity index (χ1v) is 9.00.